The van der Waals surface area contributed by atoms with Crippen molar-refractivity contribution in [2.24, 2.45) is 0 Å². The molecule has 0 atom stereocenters. The highest BCUT2D eigenvalue weighted by Crippen LogP contribution is 2.16. The van der Waals surface area contributed by atoms with Crippen LogP contribution >= 0.6 is 11.6 Å². The highest BCUT2D eigenvalue weighted by Gasteiger charge is 2.04. The molecule has 0 aliphatic carbocycles. The molecule has 0 unspecified atom stereocenters. The molecule has 102 valence electrons. The number of halogens is 1. The maximum atomic E-state index is 5.88. The number of hydrogen-bond donors (Lipinski definition) is 1. The predicted octanol–water partition coefficient (Wildman–Crippen LogP) is 2.75. The molecule has 0 bridgehead atoms. The molecule has 0 spiro atoms. The number of aromatic nitrogens is 3. The van der Waals surface area contributed by atoms with Gasteiger partial charge in [-0.2, -0.15) is 0 Å². The Morgan fingerprint density at radius 2 is 2.15 bits per heavy atom. The summed E-state index contributed by atoms with van der Waals surface area (Å²) in [5.74, 6) is 0.755. The van der Waals surface area contributed by atoms with Gasteiger partial charge in [0, 0.05) is 18.0 Å². The van der Waals surface area contributed by atoms with Gasteiger partial charge in [-0.05, 0) is 18.2 Å². The van der Waals surface area contributed by atoms with Crippen molar-refractivity contribution in [2.45, 2.75) is 6.54 Å². The maximum absolute atomic E-state index is 5.88. The number of fused-ring (bicyclic) bond motifs is 1. The lowest BCUT2D eigenvalue weighted by Crippen LogP contribution is -2.07. The zero-order valence-electron chi connectivity index (χ0n) is 10.7. The zero-order chi connectivity index (χ0) is 13.9. The quantitative estimate of drug-likeness (QED) is 0.750. The van der Waals surface area contributed by atoms with E-state index in [1.54, 1.807) is 24.7 Å². The molecule has 2 N–H and O–H groups in total. The number of nitrogen functional groups attached to an aromatic ring is 1. The van der Waals surface area contributed by atoms with Crippen molar-refractivity contribution in [2.75, 3.05) is 12.3 Å². The Balaban J connectivity index is 1.68. The Bertz CT molecular complexity index is 741. The molecule has 3 aromatic rings. The fourth-order valence-corrected chi connectivity index (χ4v) is 2.11. The molecule has 0 aliphatic heterocycles. The van der Waals surface area contributed by atoms with Gasteiger partial charge in [-0.25, -0.2) is 9.97 Å². The van der Waals surface area contributed by atoms with E-state index in [2.05, 4.69) is 9.97 Å². The third-order valence-corrected chi connectivity index (χ3v) is 3.09. The van der Waals surface area contributed by atoms with Crippen LogP contribution in [0.1, 0.15) is 0 Å². The average Bonchev–Trinajstić information content (AvgIpc) is 2.81. The average molecular weight is 289 g/mol. The molecule has 2 heterocycles. The van der Waals surface area contributed by atoms with Gasteiger partial charge in [-0.1, -0.05) is 17.7 Å². The van der Waals surface area contributed by atoms with Crippen LogP contribution in [0.3, 0.4) is 0 Å². The van der Waals surface area contributed by atoms with Gasteiger partial charge in [-0.15, -0.1) is 0 Å². The lowest BCUT2D eigenvalue weighted by atomic mass is 10.3. The molecule has 6 heteroatoms. The second kappa shape index (κ2) is 5.38. The minimum atomic E-state index is 0.513. The number of anilines is 1. The van der Waals surface area contributed by atoms with Crippen LogP contribution in [-0.4, -0.2) is 21.1 Å². The van der Waals surface area contributed by atoms with Crippen molar-refractivity contribution in [3.05, 3.63) is 47.9 Å². The SMILES string of the molecule is Nc1cccc(OCCn2cnc3cc(Cl)cnc32)c1. The van der Waals surface area contributed by atoms with Crippen molar-refractivity contribution < 1.29 is 4.74 Å². The highest BCUT2D eigenvalue weighted by molar-refractivity contribution is 6.31. The van der Waals surface area contributed by atoms with E-state index in [-0.39, 0.29) is 0 Å². The number of benzene rings is 1. The van der Waals surface area contributed by atoms with Crippen molar-refractivity contribution in [1.82, 2.24) is 14.5 Å². The number of nitrogens with zero attached hydrogens (tertiary/aromatic N) is 3. The molecule has 0 fully saturated rings. The molecular weight excluding hydrogens is 276 g/mol. The topological polar surface area (TPSA) is 66.0 Å². The molecule has 5 nitrogen and oxygen atoms in total. The monoisotopic (exact) mass is 288 g/mol. The first-order valence-corrected chi connectivity index (χ1v) is 6.55. The molecule has 3 rings (SSSR count). The Morgan fingerprint density at radius 1 is 1.25 bits per heavy atom. The van der Waals surface area contributed by atoms with Crippen LogP contribution in [0, 0.1) is 0 Å². The summed E-state index contributed by atoms with van der Waals surface area (Å²) in [4.78, 5) is 8.53. The Morgan fingerprint density at radius 3 is 3.00 bits per heavy atom. The van der Waals surface area contributed by atoms with Gasteiger partial charge in [-0.3, -0.25) is 0 Å². The first-order chi connectivity index (χ1) is 9.72. The van der Waals surface area contributed by atoms with Crippen LogP contribution in [0.4, 0.5) is 5.69 Å². The first-order valence-electron chi connectivity index (χ1n) is 6.17. The number of imidazole rings is 1. The second-order valence-electron chi connectivity index (χ2n) is 4.36. The van der Waals surface area contributed by atoms with Crippen LogP contribution < -0.4 is 10.5 Å². The molecule has 0 saturated carbocycles. The zero-order valence-corrected chi connectivity index (χ0v) is 11.4. The van der Waals surface area contributed by atoms with Crippen molar-refractivity contribution >= 4 is 28.5 Å². The summed E-state index contributed by atoms with van der Waals surface area (Å²) < 4.78 is 7.58. The normalized spacial score (nSPS) is 10.8. The number of ether oxygens (including phenoxy) is 1. The largest absolute Gasteiger partial charge is 0.492 e. The third kappa shape index (κ3) is 2.67. The molecule has 2 aromatic heterocycles. The summed E-state index contributed by atoms with van der Waals surface area (Å²) >= 11 is 5.88. The number of rotatable bonds is 4. The lowest BCUT2D eigenvalue weighted by molar-refractivity contribution is 0.300. The van der Waals surface area contributed by atoms with E-state index < -0.39 is 0 Å². The van der Waals surface area contributed by atoms with E-state index in [4.69, 9.17) is 22.1 Å². The fraction of sp³-hybridized carbons (Fsp3) is 0.143. The smallest absolute Gasteiger partial charge is 0.159 e. The van der Waals surface area contributed by atoms with E-state index in [9.17, 15) is 0 Å². The van der Waals surface area contributed by atoms with Crippen LogP contribution in [0.25, 0.3) is 11.2 Å². The Labute approximate surface area is 121 Å². The minimum absolute atomic E-state index is 0.513. The van der Waals surface area contributed by atoms with Gasteiger partial charge in [0.25, 0.3) is 0 Å². The van der Waals surface area contributed by atoms with Crippen LogP contribution in [0.15, 0.2) is 42.9 Å². The van der Waals surface area contributed by atoms with Gasteiger partial charge in [0.2, 0.25) is 0 Å². The molecule has 0 saturated heterocycles. The highest BCUT2D eigenvalue weighted by atomic mass is 35.5. The second-order valence-corrected chi connectivity index (χ2v) is 4.79. The van der Waals surface area contributed by atoms with E-state index in [0.29, 0.717) is 23.9 Å². The Kier molecular flexibility index (Phi) is 3.43. The summed E-state index contributed by atoms with van der Waals surface area (Å²) in [6, 6.07) is 9.15. The van der Waals surface area contributed by atoms with E-state index in [1.807, 2.05) is 22.8 Å². The lowest BCUT2D eigenvalue weighted by Gasteiger charge is -2.07. The van der Waals surface area contributed by atoms with Crippen molar-refractivity contribution in [3.8, 4) is 5.75 Å². The molecular formula is C14H13ClN4O. The van der Waals surface area contributed by atoms with Crippen molar-refractivity contribution in [1.29, 1.82) is 0 Å². The van der Waals surface area contributed by atoms with Gasteiger partial charge < -0.3 is 15.0 Å². The van der Waals surface area contributed by atoms with E-state index in [1.165, 1.54) is 0 Å². The molecule has 0 amide bonds. The van der Waals surface area contributed by atoms with Crippen LogP contribution in [-0.2, 0) is 6.54 Å². The summed E-state index contributed by atoms with van der Waals surface area (Å²) in [6.07, 6.45) is 3.34. The number of hydrogen-bond acceptors (Lipinski definition) is 4. The van der Waals surface area contributed by atoms with Gasteiger partial charge in [0.1, 0.15) is 17.9 Å². The molecule has 1 aromatic carbocycles. The van der Waals surface area contributed by atoms with E-state index in [0.717, 1.165) is 16.9 Å². The molecule has 20 heavy (non-hydrogen) atoms. The number of nitrogens with two attached hydrogens (primary N) is 1. The van der Waals surface area contributed by atoms with Crippen LogP contribution in [0.2, 0.25) is 5.02 Å². The summed E-state index contributed by atoms with van der Waals surface area (Å²) in [7, 11) is 0. The van der Waals surface area contributed by atoms with Gasteiger partial charge in [0.15, 0.2) is 5.65 Å². The summed E-state index contributed by atoms with van der Waals surface area (Å²) in [5.41, 5.74) is 7.96. The first kappa shape index (κ1) is 12.7. The van der Waals surface area contributed by atoms with Gasteiger partial charge >= 0.3 is 0 Å². The number of pyridine rings is 1. The predicted molar refractivity (Wildman–Crippen MR) is 78.9 cm³/mol. The Hall–Kier alpha value is -2.27. The minimum Gasteiger partial charge on any atom is -0.492 e. The summed E-state index contributed by atoms with van der Waals surface area (Å²) in [6.45, 7) is 1.17. The molecule has 0 radical (unpaired) electrons. The third-order valence-electron chi connectivity index (χ3n) is 2.88. The van der Waals surface area contributed by atoms with Gasteiger partial charge in [0.05, 0.1) is 17.9 Å². The van der Waals surface area contributed by atoms with Crippen molar-refractivity contribution in [3.63, 3.8) is 0 Å². The fourth-order valence-electron chi connectivity index (χ4n) is 1.95. The maximum Gasteiger partial charge on any atom is 0.159 e. The summed E-state index contributed by atoms with van der Waals surface area (Å²) in [5, 5.41) is 0.582. The van der Waals surface area contributed by atoms with Crippen LogP contribution in [0.5, 0.6) is 5.75 Å². The molecule has 0 aliphatic rings. The standard InChI is InChI=1S/C14H13ClN4O/c15-10-6-13-14(17-8-10)19(9-18-13)4-5-20-12-3-1-2-11(16)7-12/h1-3,6-9H,4-5,16H2. The van der Waals surface area contributed by atoms with E-state index >= 15 is 0 Å².